The molecule has 1 fully saturated rings. The number of sulfonamides is 1. The predicted molar refractivity (Wildman–Crippen MR) is 133 cm³/mol. The first-order valence-electron chi connectivity index (χ1n) is 11.3. The normalized spacial score (nSPS) is 17.9. The second kappa shape index (κ2) is 9.89. The van der Waals surface area contributed by atoms with Crippen LogP contribution in [0.25, 0.3) is 0 Å². The minimum absolute atomic E-state index is 0.0732. The predicted octanol–water partition coefficient (Wildman–Crippen LogP) is 4.90. The van der Waals surface area contributed by atoms with Gasteiger partial charge in [-0.2, -0.15) is 4.31 Å². The third-order valence-corrected chi connectivity index (χ3v) is 9.48. The van der Waals surface area contributed by atoms with Crippen LogP contribution in [0.3, 0.4) is 0 Å². The minimum atomic E-state index is -3.87. The lowest BCUT2D eigenvalue weighted by molar-refractivity contribution is -0.135. The fourth-order valence-corrected chi connectivity index (χ4v) is 7.03. The van der Waals surface area contributed by atoms with E-state index in [1.807, 2.05) is 11.4 Å². The number of para-hydroxylation sites is 1. The maximum absolute atomic E-state index is 14.1. The molecule has 0 saturated heterocycles. The molecule has 2 aromatic carbocycles. The van der Waals surface area contributed by atoms with Crippen LogP contribution in [0.5, 0.6) is 5.75 Å². The molecular weight excluding hydrogens is 511 g/mol. The molecule has 35 heavy (non-hydrogen) atoms. The highest BCUT2D eigenvalue weighted by Gasteiger charge is 2.41. The smallest absolute Gasteiger partial charge is 0.243 e. The zero-order chi connectivity index (χ0) is 24.6. The highest BCUT2D eigenvalue weighted by atomic mass is 35.5. The quantitative estimate of drug-likeness (QED) is 0.412. The van der Waals surface area contributed by atoms with E-state index in [2.05, 4.69) is 0 Å². The van der Waals surface area contributed by atoms with Crippen LogP contribution < -0.4 is 4.74 Å². The van der Waals surface area contributed by atoms with Crippen LogP contribution in [0.2, 0.25) is 5.02 Å². The number of carbonyl (C=O) groups excluding carboxylic acids is 1. The molecule has 3 aromatic rings. The summed E-state index contributed by atoms with van der Waals surface area (Å²) in [6.07, 6.45) is 2.12. The highest BCUT2D eigenvalue weighted by Crippen LogP contribution is 2.36. The van der Waals surface area contributed by atoms with Gasteiger partial charge in [0.1, 0.15) is 6.61 Å². The van der Waals surface area contributed by atoms with Gasteiger partial charge in [-0.3, -0.25) is 4.79 Å². The van der Waals surface area contributed by atoms with Crippen molar-refractivity contribution in [2.24, 2.45) is 0 Å². The maximum Gasteiger partial charge on any atom is 0.243 e. The number of benzene rings is 2. The van der Waals surface area contributed by atoms with Crippen molar-refractivity contribution in [3.63, 3.8) is 0 Å². The van der Waals surface area contributed by atoms with Crippen LogP contribution in [0.4, 0.5) is 4.39 Å². The average molecular weight is 535 g/mol. The van der Waals surface area contributed by atoms with E-state index in [4.69, 9.17) is 16.3 Å². The van der Waals surface area contributed by atoms with Gasteiger partial charge >= 0.3 is 0 Å². The Morgan fingerprint density at radius 1 is 1.14 bits per heavy atom. The fraction of sp³-hybridized carbons (Fsp3) is 0.320. The summed E-state index contributed by atoms with van der Waals surface area (Å²) >= 11 is 7.54. The van der Waals surface area contributed by atoms with E-state index in [9.17, 15) is 17.6 Å². The third kappa shape index (κ3) is 5.09. The van der Waals surface area contributed by atoms with Gasteiger partial charge in [-0.1, -0.05) is 23.7 Å². The number of ether oxygens (including phenoxy) is 1. The molecule has 2 aliphatic rings. The molecule has 184 valence electrons. The number of rotatable bonds is 8. The topological polar surface area (TPSA) is 66.9 Å². The Hall–Kier alpha value is -2.46. The van der Waals surface area contributed by atoms with Crippen molar-refractivity contribution in [2.45, 2.75) is 36.2 Å². The molecule has 1 unspecified atom stereocenters. The molecule has 5 rings (SSSR count). The Morgan fingerprint density at radius 2 is 1.89 bits per heavy atom. The Labute approximate surface area is 212 Å². The SMILES string of the molecule is O=C(CN(C1CC1)S(=O)(=O)c1ccc(Cl)cc1)N1CCc2sccc2C1COc1ccccc1F. The van der Waals surface area contributed by atoms with Crippen LogP contribution in [-0.2, 0) is 21.2 Å². The molecule has 1 atom stereocenters. The number of fused-ring (bicyclic) bond motifs is 1. The standard InChI is InChI=1S/C25H24ClFN2O4S2/c26-17-5-9-19(10-6-17)35(31,32)29(18-7-8-18)15-25(30)28-13-11-24-20(12-14-34-24)22(28)16-33-23-4-2-1-3-21(23)27/h1-6,9-10,12,14,18,22H,7-8,11,13,15-16H2. The number of thiophene rings is 1. The lowest BCUT2D eigenvalue weighted by Crippen LogP contribution is -2.48. The third-order valence-electron chi connectivity index (χ3n) is 6.31. The number of carbonyl (C=O) groups is 1. The number of halogens is 2. The highest BCUT2D eigenvalue weighted by molar-refractivity contribution is 7.89. The van der Waals surface area contributed by atoms with E-state index in [0.29, 0.717) is 30.8 Å². The molecule has 0 N–H and O–H groups in total. The van der Waals surface area contributed by atoms with Gasteiger partial charge in [-0.25, -0.2) is 12.8 Å². The van der Waals surface area contributed by atoms with E-state index < -0.39 is 21.9 Å². The van der Waals surface area contributed by atoms with Gasteiger partial charge in [-0.15, -0.1) is 11.3 Å². The number of hydrogen-bond acceptors (Lipinski definition) is 5. The maximum atomic E-state index is 14.1. The first-order valence-corrected chi connectivity index (χ1v) is 14.0. The van der Waals surface area contributed by atoms with E-state index in [0.717, 1.165) is 10.4 Å². The summed E-state index contributed by atoms with van der Waals surface area (Å²) in [5.41, 5.74) is 0.962. The summed E-state index contributed by atoms with van der Waals surface area (Å²) in [7, 11) is -3.87. The summed E-state index contributed by atoms with van der Waals surface area (Å²) < 4.78 is 48.0. The fourth-order valence-electron chi connectivity index (χ4n) is 4.34. The molecule has 1 aliphatic heterocycles. The van der Waals surface area contributed by atoms with Gasteiger partial charge in [0.25, 0.3) is 0 Å². The molecule has 1 amide bonds. The van der Waals surface area contributed by atoms with Crippen LogP contribution in [0, 0.1) is 5.82 Å². The van der Waals surface area contributed by atoms with E-state index >= 15 is 0 Å². The van der Waals surface area contributed by atoms with Crippen molar-refractivity contribution in [2.75, 3.05) is 19.7 Å². The number of hydrogen-bond donors (Lipinski definition) is 0. The minimum Gasteiger partial charge on any atom is -0.488 e. The molecule has 1 aliphatic carbocycles. The van der Waals surface area contributed by atoms with Crippen molar-refractivity contribution >= 4 is 38.9 Å². The first-order chi connectivity index (χ1) is 16.8. The van der Waals surface area contributed by atoms with Crippen LogP contribution >= 0.6 is 22.9 Å². The summed E-state index contributed by atoms with van der Waals surface area (Å²) in [5, 5.41) is 2.41. The molecular formula is C25H24ClFN2O4S2. The van der Waals surface area contributed by atoms with Gasteiger partial charge < -0.3 is 9.64 Å². The molecule has 0 radical (unpaired) electrons. The summed E-state index contributed by atoms with van der Waals surface area (Å²) in [6, 6.07) is 13.4. The monoisotopic (exact) mass is 534 g/mol. The van der Waals surface area contributed by atoms with Crippen LogP contribution in [-0.4, -0.2) is 49.3 Å². The number of amides is 1. The lowest BCUT2D eigenvalue weighted by atomic mass is 10.0. The number of nitrogens with zero attached hydrogens (tertiary/aromatic N) is 2. The molecule has 0 spiro atoms. The molecule has 10 heteroatoms. The summed E-state index contributed by atoms with van der Waals surface area (Å²) in [5.74, 6) is -0.652. The molecule has 1 aromatic heterocycles. The van der Waals surface area contributed by atoms with Crippen LogP contribution in [0.15, 0.2) is 64.9 Å². The zero-order valence-corrected chi connectivity index (χ0v) is 21.2. The molecule has 2 heterocycles. The molecule has 6 nitrogen and oxygen atoms in total. The van der Waals surface area contributed by atoms with Gasteiger partial charge in [0.05, 0.1) is 17.5 Å². The van der Waals surface area contributed by atoms with Gasteiger partial charge in [-0.05, 0) is 72.7 Å². The van der Waals surface area contributed by atoms with Gasteiger partial charge in [0.15, 0.2) is 11.6 Å². The summed E-state index contributed by atoms with van der Waals surface area (Å²) in [4.78, 5) is 16.5. The van der Waals surface area contributed by atoms with Crippen molar-refractivity contribution in [3.05, 3.63) is 81.3 Å². The average Bonchev–Trinajstić information content (AvgIpc) is 3.57. The lowest BCUT2D eigenvalue weighted by Gasteiger charge is -2.37. The van der Waals surface area contributed by atoms with E-state index in [1.54, 1.807) is 34.4 Å². The Morgan fingerprint density at radius 3 is 2.60 bits per heavy atom. The largest absolute Gasteiger partial charge is 0.488 e. The van der Waals surface area contributed by atoms with E-state index in [1.165, 1.54) is 34.6 Å². The van der Waals surface area contributed by atoms with Gasteiger partial charge in [0, 0.05) is 22.5 Å². The van der Waals surface area contributed by atoms with Crippen LogP contribution in [0.1, 0.15) is 29.3 Å². The van der Waals surface area contributed by atoms with Crippen molar-refractivity contribution in [1.29, 1.82) is 0 Å². The van der Waals surface area contributed by atoms with Crippen molar-refractivity contribution in [1.82, 2.24) is 9.21 Å². The second-order valence-electron chi connectivity index (χ2n) is 8.63. The van der Waals surface area contributed by atoms with Crippen molar-refractivity contribution < 1.29 is 22.3 Å². The first kappa shape index (κ1) is 24.2. The van der Waals surface area contributed by atoms with Crippen molar-refractivity contribution in [3.8, 4) is 5.75 Å². The second-order valence-corrected chi connectivity index (χ2v) is 12.0. The Bertz CT molecular complexity index is 1330. The Balaban J connectivity index is 1.38. The molecule has 0 bridgehead atoms. The molecule has 1 saturated carbocycles. The summed E-state index contributed by atoms with van der Waals surface area (Å²) in [6.45, 7) is 0.256. The van der Waals surface area contributed by atoms with Gasteiger partial charge in [0.2, 0.25) is 15.9 Å². The Kier molecular flexibility index (Phi) is 6.85. The zero-order valence-electron chi connectivity index (χ0n) is 18.8. The van der Waals surface area contributed by atoms with E-state index in [-0.39, 0.29) is 35.7 Å².